The van der Waals surface area contributed by atoms with Crippen molar-refractivity contribution in [2.24, 2.45) is 23.3 Å². The van der Waals surface area contributed by atoms with Crippen molar-refractivity contribution < 1.29 is 73.2 Å². The molecule has 2 rings (SSSR count). The molecule has 1 aromatic carbocycles. The van der Waals surface area contributed by atoms with Crippen LogP contribution in [0.2, 0.25) is 0 Å². The lowest BCUT2D eigenvalue weighted by Crippen LogP contribution is -2.61. The van der Waals surface area contributed by atoms with Crippen LogP contribution in [-0.2, 0) is 59.2 Å². The molecular weight excluding hydrogens is 977 g/mol. The molecule has 1 fully saturated rings. The van der Waals surface area contributed by atoms with Crippen molar-refractivity contribution in [3.63, 3.8) is 0 Å². The van der Waals surface area contributed by atoms with Crippen LogP contribution in [0.3, 0.4) is 0 Å². The molecule has 1 aliphatic rings. The molecule has 1 heterocycles. The predicted molar refractivity (Wildman–Crippen MR) is 265 cm³/mol. The van der Waals surface area contributed by atoms with Crippen molar-refractivity contribution in [2.75, 3.05) is 31.8 Å². The van der Waals surface area contributed by atoms with Crippen LogP contribution in [0.5, 0.6) is 0 Å². The number of hydrogen-bond donors (Lipinski definition) is 13. The number of carbonyl (C=O) groups is 11. The second kappa shape index (κ2) is 31.9. The van der Waals surface area contributed by atoms with E-state index in [1.54, 1.807) is 58.0 Å². The molecule has 25 nitrogen and oxygen atoms in total. The third-order valence-electron chi connectivity index (χ3n) is 11.6. The average molecular weight is 1050 g/mol. The Morgan fingerprint density at radius 1 is 0.630 bits per heavy atom. The first-order valence-corrected chi connectivity index (χ1v) is 25.5. The average Bonchev–Trinajstić information content (AvgIpc) is 3.83. The molecule has 9 amide bonds. The molecule has 1 aromatic rings. The molecule has 0 unspecified atom stereocenters. The van der Waals surface area contributed by atoms with E-state index in [2.05, 4.69) is 37.2 Å². The quantitative estimate of drug-likeness (QED) is 0.0333. The van der Waals surface area contributed by atoms with Crippen molar-refractivity contribution in [1.29, 1.82) is 0 Å². The largest absolute Gasteiger partial charge is 0.481 e. The van der Waals surface area contributed by atoms with Gasteiger partial charge in [-0.15, -0.1) is 0 Å². The summed E-state index contributed by atoms with van der Waals surface area (Å²) in [5.74, 6) is -10.6. The lowest BCUT2D eigenvalue weighted by Gasteiger charge is -2.31. The minimum Gasteiger partial charge on any atom is -0.481 e. The van der Waals surface area contributed by atoms with Gasteiger partial charge in [0.1, 0.15) is 48.3 Å². The van der Waals surface area contributed by atoms with E-state index in [1.807, 2.05) is 6.26 Å². The maximum atomic E-state index is 14.3. The fraction of sp³-hybridized carbons (Fsp3) is 0.638. The van der Waals surface area contributed by atoms with Gasteiger partial charge in [-0.3, -0.25) is 47.9 Å². The number of aliphatic carboxylic acids is 2. The van der Waals surface area contributed by atoms with Gasteiger partial charge in [0.05, 0.1) is 19.3 Å². The van der Waals surface area contributed by atoms with E-state index < -0.39 is 152 Å². The van der Waals surface area contributed by atoms with Crippen LogP contribution in [0.15, 0.2) is 30.3 Å². The number of nitrogens with one attached hydrogen (secondary N) is 7. The Bertz CT molecular complexity index is 2070. The van der Waals surface area contributed by atoms with Gasteiger partial charge in [-0.2, -0.15) is 11.8 Å². The Morgan fingerprint density at radius 2 is 1.11 bits per heavy atom. The number of carbonyl (C=O) groups excluding carboxylic acids is 9. The van der Waals surface area contributed by atoms with E-state index in [-0.39, 0.29) is 56.9 Å². The fourth-order valence-corrected chi connectivity index (χ4v) is 8.20. The van der Waals surface area contributed by atoms with Crippen LogP contribution in [0.25, 0.3) is 0 Å². The predicted octanol–water partition coefficient (Wildman–Crippen LogP) is -3.01. The summed E-state index contributed by atoms with van der Waals surface area (Å²) < 4.78 is 0. The van der Waals surface area contributed by atoms with Crippen LogP contribution in [0.1, 0.15) is 91.0 Å². The van der Waals surface area contributed by atoms with Crippen molar-refractivity contribution in [2.45, 2.75) is 146 Å². The summed E-state index contributed by atoms with van der Waals surface area (Å²) in [4.78, 5) is 146. The summed E-state index contributed by atoms with van der Waals surface area (Å²) in [5, 5.41) is 56.6. The zero-order chi connectivity index (χ0) is 54.9. The van der Waals surface area contributed by atoms with Gasteiger partial charge in [0.2, 0.25) is 53.2 Å². The van der Waals surface area contributed by atoms with Crippen LogP contribution < -0.4 is 48.7 Å². The smallest absolute Gasteiger partial charge is 0.326 e. The molecule has 0 spiro atoms. The molecule has 0 aromatic heterocycles. The zero-order valence-electron chi connectivity index (χ0n) is 41.9. The maximum Gasteiger partial charge on any atom is 0.326 e. The van der Waals surface area contributed by atoms with Crippen LogP contribution in [0, 0.1) is 11.8 Å². The van der Waals surface area contributed by atoms with E-state index in [9.17, 15) is 73.2 Å². The Labute approximate surface area is 428 Å². The van der Waals surface area contributed by atoms with Crippen LogP contribution in [0.4, 0.5) is 0 Å². The Kier molecular flexibility index (Phi) is 27.5. The van der Waals surface area contributed by atoms with E-state index in [4.69, 9.17) is 11.5 Å². The first-order chi connectivity index (χ1) is 34.4. The van der Waals surface area contributed by atoms with Gasteiger partial charge in [0, 0.05) is 25.8 Å². The second-order valence-electron chi connectivity index (χ2n) is 18.6. The molecular formula is C47H74N10O15S. The molecule has 0 radical (unpaired) electrons. The van der Waals surface area contributed by atoms with Gasteiger partial charge >= 0.3 is 11.9 Å². The van der Waals surface area contributed by atoms with Gasteiger partial charge in [-0.25, -0.2) is 4.79 Å². The zero-order valence-corrected chi connectivity index (χ0v) is 42.7. The Balaban J connectivity index is 2.35. The summed E-state index contributed by atoms with van der Waals surface area (Å²) >= 11 is 1.47. The van der Waals surface area contributed by atoms with Crippen molar-refractivity contribution in [1.82, 2.24) is 42.1 Å². The number of aliphatic hydroxyl groups is 2. The summed E-state index contributed by atoms with van der Waals surface area (Å²) in [6, 6.07) is -4.56. The van der Waals surface area contributed by atoms with E-state index >= 15 is 0 Å². The first-order valence-electron chi connectivity index (χ1n) is 24.1. The molecule has 9 atom stereocenters. The van der Waals surface area contributed by atoms with Gasteiger partial charge in [-0.1, -0.05) is 58.0 Å². The number of nitrogens with two attached hydrogens (primary N) is 2. The number of nitrogens with zero attached hydrogens (tertiary/aromatic N) is 1. The SMILES string of the molecule is CSCC[C@H](N)C(=O)N[C@@H](CC(C)C)C(=O)N[C@@H](CCC(N)=O)C(=O)N[C@@H](CCC(=O)O)C(=O)N1CCC[C@H]1C(=O)N[C@@H](CO)C(=O)N[C@@H](Cc1ccccc1)C(=O)N[C@@H](CO)C(=O)N[C@@H](CC(C)C)C(=O)O. The summed E-state index contributed by atoms with van der Waals surface area (Å²) in [6.45, 7) is 5.01. The summed E-state index contributed by atoms with van der Waals surface area (Å²) in [7, 11) is 0. The molecule has 0 aliphatic carbocycles. The number of hydrogen-bond acceptors (Lipinski definition) is 15. The molecule has 26 heteroatoms. The van der Waals surface area contributed by atoms with Crippen molar-refractivity contribution in [3.8, 4) is 0 Å². The topological polar surface area (TPSA) is 408 Å². The molecule has 1 aliphatic heterocycles. The highest BCUT2D eigenvalue weighted by Gasteiger charge is 2.41. The summed E-state index contributed by atoms with van der Waals surface area (Å²) in [6.07, 6.45) is 0.462. The minimum absolute atomic E-state index is 0.0156. The van der Waals surface area contributed by atoms with E-state index in [1.165, 1.54) is 11.8 Å². The molecule has 408 valence electrons. The van der Waals surface area contributed by atoms with Crippen LogP contribution in [-0.4, -0.2) is 177 Å². The minimum atomic E-state index is -1.74. The van der Waals surface area contributed by atoms with E-state index in [0.29, 0.717) is 17.7 Å². The number of aliphatic hydroxyl groups excluding tert-OH is 2. The third-order valence-corrected chi connectivity index (χ3v) is 12.2. The van der Waals surface area contributed by atoms with Gasteiger partial charge < -0.3 is 74.0 Å². The number of thioether (sulfide) groups is 1. The molecule has 73 heavy (non-hydrogen) atoms. The number of carboxylic acids is 2. The molecule has 0 saturated carbocycles. The van der Waals surface area contributed by atoms with Gasteiger partial charge in [0.15, 0.2) is 0 Å². The number of benzene rings is 1. The second-order valence-corrected chi connectivity index (χ2v) is 19.6. The van der Waals surface area contributed by atoms with Crippen molar-refractivity contribution in [3.05, 3.63) is 35.9 Å². The normalized spacial score (nSPS) is 16.6. The molecule has 1 saturated heterocycles. The van der Waals surface area contributed by atoms with E-state index in [0.717, 1.165) is 4.90 Å². The highest BCUT2D eigenvalue weighted by Crippen LogP contribution is 2.21. The van der Waals surface area contributed by atoms with Crippen molar-refractivity contribution >= 4 is 76.9 Å². The third kappa shape index (κ3) is 22.1. The maximum absolute atomic E-state index is 14.3. The highest BCUT2D eigenvalue weighted by atomic mass is 32.2. The van der Waals surface area contributed by atoms with Gasteiger partial charge in [-0.05, 0) is 74.4 Å². The standard InChI is InChI=1S/C47H74N10O15S/c1-25(2)20-31(52-39(63)28(48)17-19-73-5)41(65)50-29(13-15-37(49)60)40(64)51-30(14-16-38(61)62)46(70)57-18-9-12-36(57)45(69)56-35(24-59)43(67)53-32(22-27-10-7-6-8-11-27)42(66)55-34(23-58)44(68)54-33(47(71)72)21-26(3)4/h6-8,10-11,25-26,28-36,58-59H,9,12-24,48H2,1-5H3,(H2,49,60)(H,50,65)(H,51,64)(H,52,63)(H,53,67)(H,54,68)(H,55,66)(H,56,69)(H,61,62)(H,71,72)/t28-,29-,30-,31-,32-,33-,34-,35-,36-/m0/s1. The highest BCUT2D eigenvalue weighted by molar-refractivity contribution is 7.98. The Hall–Kier alpha value is -6.38. The van der Waals surface area contributed by atoms with Gasteiger partial charge in [0.25, 0.3) is 0 Å². The number of amides is 9. The monoisotopic (exact) mass is 1050 g/mol. The molecule has 0 bridgehead atoms. The molecule has 15 N–H and O–H groups in total. The lowest BCUT2D eigenvalue weighted by atomic mass is 10.0. The first kappa shape index (κ1) is 62.7. The Morgan fingerprint density at radius 3 is 1.66 bits per heavy atom. The fourth-order valence-electron chi connectivity index (χ4n) is 7.71. The number of rotatable bonds is 33. The van der Waals surface area contributed by atoms with Crippen LogP contribution >= 0.6 is 11.8 Å². The number of carboxylic acid groups (broad SMARTS) is 2. The number of primary amides is 1. The number of likely N-dealkylation sites (tertiary alicyclic amines) is 1. The lowest BCUT2D eigenvalue weighted by molar-refractivity contribution is -0.144. The summed E-state index contributed by atoms with van der Waals surface area (Å²) in [5.41, 5.74) is 11.9.